The second-order valence-corrected chi connectivity index (χ2v) is 4.39. The average Bonchev–Trinajstić information content (AvgIpc) is 2.21. The normalized spacial score (nSPS) is 11.7. The lowest BCUT2D eigenvalue weighted by atomic mass is 9.97. The number of aromatic nitrogens is 1. The van der Waals surface area contributed by atoms with Crippen molar-refractivity contribution in [2.24, 2.45) is 5.41 Å². The first-order chi connectivity index (χ1) is 7.05. The topological polar surface area (TPSA) is 68.4 Å². The Kier molecular flexibility index (Phi) is 4.05. The van der Waals surface area contributed by atoms with Crippen LogP contribution in [-0.2, 0) is 11.3 Å². The lowest BCUT2D eigenvalue weighted by Gasteiger charge is -2.21. The third kappa shape index (κ3) is 3.85. The number of nitrogens with two attached hydrogens (primary N) is 1. The SMILES string of the molecule is CC(C)(CO)COCc1cnccc1N. The zero-order chi connectivity index (χ0) is 11.3. The van der Waals surface area contributed by atoms with Gasteiger partial charge in [-0.3, -0.25) is 4.98 Å². The molecule has 4 nitrogen and oxygen atoms in total. The number of hydrogen-bond acceptors (Lipinski definition) is 4. The number of aliphatic hydroxyl groups excluding tert-OH is 1. The van der Waals surface area contributed by atoms with Crippen LogP contribution in [0.1, 0.15) is 19.4 Å². The summed E-state index contributed by atoms with van der Waals surface area (Å²) in [6, 6.07) is 1.75. The van der Waals surface area contributed by atoms with Gasteiger partial charge in [-0.15, -0.1) is 0 Å². The molecule has 0 fully saturated rings. The predicted octanol–water partition coefficient (Wildman–Crippen LogP) is 1.20. The lowest BCUT2D eigenvalue weighted by Crippen LogP contribution is -2.23. The summed E-state index contributed by atoms with van der Waals surface area (Å²) in [5, 5.41) is 9.03. The van der Waals surface area contributed by atoms with E-state index in [2.05, 4.69) is 4.98 Å². The van der Waals surface area contributed by atoms with Crippen LogP contribution < -0.4 is 5.73 Å². The van der Waals surface area contributed by atoms with Crippen molar-refractivity contribution in [1.82, 2.24) is 4.98 Å². The van der Waals surface area contributed by atoms with Crippen LogP contribution in [0, 0.1) is 5.41 Å². The Labute approximate surface area is 90.1 Å². The Morgan fingerprint density at radius 2 is 2.27 bits per heavy atom. The van der Waals surface area contributed by atoms with E-state index in [-0.39, 0.29) is 12.0 Å². The van der Waals surface area contributed by atoms with Crippen molar-refractivity contribution >= 4 is 5.69 Å². The maximum absolute atomic E-state index is 9.03. The average molecular weight is 210 g/mol. The summed E-state index contributed by atoms with van der Waals surface area (Å²) in [5.74, 6) is 0. The van der Waals surface area contributed by atoms with Crippen molar-refractivity contribution < 1.29 is 9.84 Å². The maximum atomic E-state index is 9.03. The van der Waals surface area contributed by atoms with Gasteiger partial charge in [0, 0.05) is 29.1 Å². The molecule has 0 aromatic carbocycles. The number of nitrogen functional groups attached to an aromatic ring is 1. The highest BCUT2D eigenvalue weighted by atomic mass is 16.5. The highest BCUT2D eigenvalue weighted by Crippen LogP contribution is 2.16. The summed E-state index contributed by atoms with van der Waals surface area (Å²) in [6.07, 6.45) is 3.35. The smallest absolute Gasteiger partial charge is 0.0752 e. The zero-order valence-corrected chi connectivity index (χ0v) is 9.23. The van der Waals surface area contributed by atoms with Gasteiger partial charge < -0.3 is 15.6 Å². The highest BCUT2D eigenvalue weighted by Gasteiger charge is 2.16. The molecule has 0 unspecified atom stereocenters. The molecule has 0 aliphatic heterocycles. The van der Waals surface area contributed by atoms with Crippen LogP contribution in [-0.4, -0.2) is 23.3 Å². The van der Waals surface area contributed by atoms with Crippen LogP contribution in [0.5, 0.6) is 0 Å². The molecule has 0 saturated heterocycles. The Morgan fingerprint density at radius 1 is 1.53 bits per heavy atom. The second kappa shape index (κ2) is 5.09. The molecule has 0 bridgehead atoms. The Hall–Kier alpha value is -1.13. The van der Waals surface area contributed by atoms with E-state index < -0.39 is 0 Å². The fourth-order valence-electron chi connectivity index (χ4n) is 1.04. The van der Waals surface area contributed by atoms with Gasteiger partial charge in [0.2, 0.25) is 0 Å². The van der Waals surface area contributed by atoms with Gasteiger partial charge >= 0.3 is 0 Å². The zero-order valence-electron chi connectivity index (χ0n) is 9.23. The van der Waals surface area contributed by atoms with Crippen LogP contribution in [0.25, 0.3) is 0 Å². The number of aliphatic hydroxyl groups is 1. The summed E-state index contributed by atoms with van der Waals surface area (Å²) in [4.78, 5) is 3.97. The van der Waals surface area contributed by atoms with Gasteiger partial charge in [-0.2, -0.15) is 0 Å². The van der Waals surface area contributed by atoms with Crippen LogP contribution in [0.4, 0.5) is 5.69 Å². The molecule has 4 heteroatoms. The number of anilines is 1. The molecule has 1 rings (SSSR count). The number of pyridine rings is 1. The van der Waals surface area contributed by atoms with E-state index in [0.29, 0.717) is 18.9 Å². The fourth-order valence-corrected chi connectivity index (χ4v) is 1.04. The van der Waals surface area contributed by atoms with Crippen molar-refractivity contribution in [2.45, 2.75) is 20.5 Å². The molecule has 84 valence electrons. The predicted molar refractivity (Wildman–Crippen MR) is 59.2 cm³/mol. The Morgan fingerprint density at radius 3 is 2.87 bits per heavy atom. The van der Waals surface area contributed by atoms with E-state index >= 15 is 0 Å². The van der Waals surface area contributed by atoms with Crippen molar-refractivity contribution in [3.63, 3.8) is 0 Å². The molecule has 0 radical (unpaired) electrons. The highest BCUT2D eigenvalue weighted by molar-refractivity contribution is 5.43. The molecule has 0 amide bonds. The number of rotatable bonds is 5. The van der Waals surface area contributed by atoms with Gasteiger partial charge in [-0.05, 0) is 6.07 Å². The van der Waals surface area contributed by atoms with Crippen LogP contribution in [0.15, 0.2) is 18.5 Å². The molecule has 0 aliphatic carbocycles. The van der Waals surface area contributed by atoms with Gasteiger partial charge in [0.15, 0.2) is 0 Å². The Bertz CT molecular complexity index is 313. The summed E-state index contributed by atoms with van der Waals surface area (Å²) in [7, 11) is 0. The summed E-state index contributed by atoms with van der Waals surface area (Å²) in [6.45, 7) is 4.93. The maximum Gasteiger partial charge on any atom is 0.0752 e. The first-order valence-electron chi connectivity index (χ1n) is 4.92. The molecular formula is C11H18N2O2. The van der Waals surface area contributed by atoms with E-state index in [1.165, 1.54) is 0 Å². The van der Waals surface area contributed by atoms with Crippen molar-refractivity contribution in [3.05, 3.63) is 24.0 Å². The monoisotopic (exact) mass is 210 g/mol. The Balaban J connectivity index is 2.42. The van der Waals surface area contributed by atoms with E-state index in [9.17, 15) is 0 Å². The van der Waals surface area contributed by atoms with E-state index in [1.807, 2.05) is 13.8 Å². The molecule has 1 aromatic heterocycles. The van der Waals surface area contributed by atoms with Crippen LogP contribution in [0.3, 0.4) is 0 Å². The van der Waals surface area contributed by atoms with Gasteiger partial charge in [0.25, 0.3) is 0 Å². The van der Waals surface area contributed by atoms with Gasteiger partial charge in [-0.25, -0.2) is 0 Å². The third-order valence-corrected chi connectivity index (χ3v) is 2.12. The number of ether oxygens (including phenoxy) is 1. The van der Waals surface area contributed by atoms with E-state index in [4.69, 9.17) is 15.6 Å². The largest absolute Gasteiger partial charge is 0.398 e. The molecule has 0 atom stereocenters. The van der Waals surface area contributed by atoms with Crippen LogP contribution in [0.2, 0.25) is 0 Å². The first-order valence-corrected chi connectivity index (χ1v) is 4.92. The molecule has 15 heavy (non-hydrogen) atoms. The van der Waals surface area contributed by atoms with Crippen molar-refractivity contribution in [3.8, 4) is 0 Å². The van der Waals surface area contributed by atoms with Gasteiger partial charge in [0.05, 0.1) is 19.8 Å². The molecule has 0 aliphatic rings. The van der Waals surface area contributed by atoms with Gasteiger partial charge in [-0.1, -0.05) is 13.8 Å². The molecular weight excluding hydrogens is 192 g/mol. The van der Waals surface area contributed by atoms with Crippen molar-refractivity contribution in [1.29, 1.82) is 0 Å². The molecule has 1 aromatic rings. The summed E-state index contributed by atoms with van der Waals surface area (Å²) in [5.41, 5.74) is 7.09. The summed E-state index contributed by atoms with van der Waals surface area (Å²) < 4.78 is 5.48. The van der Waals surface area contributed by atoms with E-state index in [1.54, 1.807) is 18.5 Å². The summed E-state index contributed by atoms with van der Waals surface area (Å²) >= 11 is 0. The first kappa shape index (κ1) is 11.9. The number of nitrogens with zero attached hydrogens (tertiary/aromatic N) is 1. The standard InChI is InChI=1S/C11H18N2O2/c1-11(2,7-14)8-15-6-9-5-13-4-3-10(9)12/h3-5,14H,6-8H2,1-2H3,(H2,12,13). The molecule has 0 saturated carbocycles. The minimum absolute atomic E-state index is 0.107. The van der Waals surface area contributed by atoms with Gasteiger partial charge in [0.1, 0.15) is 0 Å². The van der Waals surface area contributed by atoms with E-state index in [0.717, 1.165) is 5.56 Å². The minimum atomic E-state index is -0.211. The molecule has 3 N–H and O–H groups in total. The van der Waals surface area contributed by atoms with Crippen LogP contribution >= 0.6 is 0 Å². The number of hydrogen-bond donors (Lipinski definition) is 2. The second-order valence-electron chi connectivity index (χ2n) is 4.39. The molecule has 1 heterocycles. The van der Waals surface area contributed by atoms with Crippen molar-refractivity contribution in [2.75, 3.05) is 18.9 Å². The minimum Gasteiger partial charge on any atom is -0.398 e. The fraction of sp³-hybridized carbons (Fsp3) is 0.545. The third-order valence-electron chi connectivity index (χ3n) is 2.12. The molecule has 0 spiro atoms. The lowest BCUT2D eigenvalue weighted by molar-refractivity contribution is 0.0199. The quantitative estimate of drug-likeness (QED) is 0.766.